The van der Waals surface area contributed by atoms with Gasteiger partial charge in [-0.05, 0) is 52.2 Å². The van der Waals surface area contributed by atoms with Crippen molar-refractivity contribution in [2.45, 2.75) is 26.2 Å². The molecule has 1 amide bonds. The summed E-state index contributed by atoms with van der Waals surface area (Å²) in [5, 5.41) is 9.04. The van der Waals surface area contributed by atoms with Crippen LogP contribution >= 0.6 is 15.9 Å². The molecule has 0 aliphatic rings. The lowest BCUT2D eigenvalue weighted by Gasteiger charge is -2.16. The molecule has 0 atom stereocenters. The minimum Gasteiger partial charge on any atom is -0.481 e. The van der Waals surface area contributed by atoms with Gasteiger partial charge in [0.2, 0.25) is 0 Å². The van der Waals surface area contributed by atoms with E-state index >= 15 is 0 Å². The van der Waals surface area contributed by atoms with Gasteiger partial charge in [0.25, 0.3) is 5.91 Å². The van der Waals surface area contributed by atoms with Crippen LogP contribution in [0.5, 0.6) is 0 Å². The molecule has 0 saturated carbocycles. The van der Waals surface area contributed by atoms with Gasteiger partial charge in [-0.15, -0.1) is 0 Å². The van der Waals surface area contributed by atoms with Crippen LogP contribution < -0.4 is 5.43 Å². The van der Waals surface area contributed by atoms with Crippen molar-refractivity contribution in [1.82, 2.24) is 4.68 Å². The number of amides is 1. The van der Waals surface area contributed by atoms with Gasteiger partial charge < -0.3 is 5.11 Å². The van der Waals surface area contributed by atoms with Crippen LogP contribution in [0.15, 0.2) is 65.1 Å². The van der Waals surface area contributed by atoms with E-state index in [1.807, 2.05) is 30.3 Å². The number of aryl methyl sites for hydroxylation is 2. The molecule has 3 aromatic rings. The van der Waals surface area contributed by atoms with E-state index in [0.29, 0.717) is 16.5 Å². The number of nitrogens with one attached hydrogen (secondary N) is 1. The number of carboxylic acid groups (broad SMARTS) is 1. The first-order valence-electron chi connectivity index (χ1n) is 9.07. The lowest BCUT2D eigenvalue weighted by Crippen LogP contribution is -2.25. The molecule has 0 radical (unpaired) electrons. The van der Waals surface area contributed by atoms with Gasteiger partial charge in [-0.3, -0.25) is 19.7 Å². The second-order valence-electron chi connectivity index (χ2n) is 6.41. The Balaban J connectivity index is 1.97. The Kier molecular flexibility index (Phi) is 6.31. The maximum atomic E-state index is 12.8. The summed E-state index contributed by atoms with van der Waals surface area (Å²) in [4.78, 5) is 23.8. The second-order valence-corrected chi connectivity index (χ2v) is 7.26. The van der Waals surface area contributed by atoms with Gasteiger partial charge in [-0.25, -0.2) is 0 Å². The first-order chi connectivity index (χ1) is 13.5. The third kappa shape index (κ3) is 4.51. The number of hydrogen-bond donors (Lipinski definition) is 2. The van der Waals surface area contributed by atoms with Gasteiger partial charge in [0.15, 0.2) is 0 Å². The van der Waals surface area contributed by atoms with E-state index in [2.05, 4.69) is 40.4 Å². The number of aliphatic carboxylic acids is 1. The van der Waals surface area contributed by atoms with Crippen molar-refractivity contribution in [3.05, 3.63) is 82.0 Å². The van der Waals surface area contributed by atoms with E-state index in [-0.39, 0.29) is 12.3 Å². The van der Waals surface area contributed by atoms with Crippen LogP contribution in [0.2, 0.25) is 0 Å². The Morgan fingerprint density at radius 2 is 1.75 bits per heavy atom. The third-order valence-corrected chi connectivity index (χ3v) is 5.24. The molecule has 2 aromatic carbocycles. The number of nitrogens with zero attached hydrogens (tertiary/aromatic N) is 1. The lowest BCUT2D eigenvalue weighted by atomic mass is 10.1. The fourth-order valence-electron chi connectivity index (χ4n) is 2.98. The molecule has 0 aliphatic heterocycles. The molecule has 0 aliphatic carbocycles. The van der Waals surface area contributed by atoms with Crippen molar-refractivity contribution in [1.29, 1.82) is 0 Å². The molecule has 1 heterocycles. The zero-order valence-corrected chi connectivity index (χ0v) is 17.1. The monoisotopic (exact) mass is 440 g/mol. The molecular formula is C22H21BrN2O3. The molecule has 0 spiro atoms. The van der Waals surface area contributed by atoms with E-state index in [9.17, 15) is 9.59 Å². The first-order valence-corrected chi connectivity index (χ1v) is 9.86. The summed E-state index contributed by atoms with van der Waals surface area (Å²) in [5.41, 5.74) is 7.15. The maximum Gasteiger partial charge on any atom is 0.303 e. The maximum absolute atomic E-state index is 12.8. The standard InChI is InChI=1S/C22H21BrN2O3/c1-2-15-7-9-16(10-8-15)20-13-11-17(12-14-21(26)27)25(20)24-22(28)18-5-3-4-6-19(18)23/h3-11,13H,2,12,14H2,1H3,(H,24,28)(H,26,27). The van der Waals surface area contributed by atoms with Crippen LogP contribution in [0.4, 0.5) is 0 Å². The smallest absolute Gasteiger partial charge is 0.303 e. The zero-order valence-electron chi connectivity index (χ0n) is 15.5. The fourth-order valence-corrected chi connectivity index (χ4v) is 3.45. The zero-order chi connectivity index (χ0) is 20.1. The number of carbonyl (C=O) groups excluding carboxylic acids is 1. The van der Waals surface area contributed by atoms with Gasteiger partial charge in [-0.1, -0.05) is 43.3 Å². The Bertz CT molecular complexity index is 993. The number of rotatable bonds is 7. The van der Waals surface area contributed by atoms with Crippen LogP contribution in [0.1, 0.15) is 35.0 Å². The number of carbonyl (C=O) groups is 2. The molecular weight excluding hydrogens is 420 g/mol. The quantitative estimate of drug-likeness (QED) is 0.549. The summed E-state index contributed by atoms with van der Waals surface area (Å²) in [6.07, 6.45) is 1.26. The molecule has 0 unspecified atom stereocenters. The normalized spacial score (nSPS) is 10.6. The molecule has 3 rings (SSSR count). The molecule has 5 nitrogen and oxygen atoms in total. The molecule has 28 heavy (non-hydrogen) atoms. The fraction of sp³-hybridized carbons (Fsp3) is 0.182. The summed E-state index contributed by atoms with van der Waals surface area (Å²) >= 11 is 3.40. The van der Waals surface area contributed by atoms with Gasteiger partial charge in [0.1, 0.15) is 0 Å². The number of carboxylic acids is 1. The Hall–Kier alpha value is -2.86. The summed E-state index contributed by atoms with van der Waals surface area (Å²) in [6.45, 7) is 2.10. The number of benzene rings is 2. The number of aromatic nitrogens is 1. The van der Waals surface area contributed by atoms with E-state index in [1.165, 1.54) is 5.56 Å². The van der Waals surface area contributed by atoms with E-state index in [1.54, 1.807) is 22.9 Å². The second kappa shape index (κ2) is 8.89. The molecule has 0 fully saturated rings. The topological polar surface area (TPSA) is 71.3 Å². The summed E-state index contributed by atoms with van der Waals surface area (Å²) < 4.78 is 2.38. The van der Waals surface area contributed by atoms with Gasteiger partial charge in [0.05, 0.1) is 17.7 Å². The van der Waals surface area contributed by atoms with E-state index in [0.717, 1.165) is 23.4 Å². The molecule has 6 heteroatoms. The SMILES string of the molecule is CCc1ccc(-c2ccc(CCC(=O)O)n2NC(=O)c2ccccc2Br)cc1. The van der Waals surface area contributed by atoms with Crippen molar-refractivity contribution >= 4 is 27.8 Å². The highest BCUT2D eigenvalue weighted by molar-refractivity contribution is 9.10. The van der Waals surface area contributed by atoms with E-state index in [4.69, 9.17) is 5.11 Å². The lowest BCUT2D eigenvalue weighted by molar-refractivity contribution is -0.136. The predicted molar refractivity (Wildman–Crippen MR) is 113 cm³/mol. The summed E-state index contributed by atoms with van der Waals surface area (Å²) in [5.74, 6) is -1.15. The van der Waals surface area contributed by atoms with Gasteiger partial charge in [-0.2, -0.15) is 0 Å². The van der Waals surface area contributed by atoms with Crippen molar-refractivity contribution < 1.29 is 14.7 Å². The largest absolute Gasteiger partial charge is 0.481 e. The highest BCUT2D eigenvalue weighted by Gasteiger charge is 2.16. The van der Waals surface area contributed by atoms with Crippen molar-refractivity contribution in [3.63, 3.8) is 0 Å². The summed E-state index contributed by atoms with van der Waals surface area (Å²) in [6, 6.07) is 19.1. The number of halogens is 1. The van der Waals surface area contributed by atoms with E-state index < -0.39 is 5.97 Å². The summed E-state index contributed by atoms with van der Waals surface area (Å²) in [7, 11) is 0. The number of hydrogen-bond acceptors (Lipinski definition) is 2. The first kappa shape index (κ1) is 19.9. The highest BCUT2D eigenvalue weighted by Crippen LogP contribution is 2.24. The average Bonchev–Trinajstić information content (AvgIpc) is 3.09. The molecule has 2 N–H and O–H groups in total. The molecule has 144 valence electrons. The highest BCUT2D eigenvalue weighted by atomic mass is 79.9. The van der Waals surface area contributed by atoms with Crippen LogP contribution in [0.3, 0.4) is 0 Å². The molecule has 0 bridgehead atoms. The minimum absolute atomic E-state index is 0.0108. The molecule has 0 saturated heterocycles. The van der Waals surface area contributed by atoms with Crippen LogP contribution in [0, 0.1) is 0 Å². The van der Waals surface area contributed by atoms with Crippen molar-refractivity contribution in [2.24, 2.45) is 0 Å². The Morgan fingerprint density at radius 1 is 1.04 bits per heavy atom. The van der Waals surface area contributed by atoms with Crippen LogP contribution in [-0.4, -0.2) is 21.7 Å². The third-order valence-electron chi connectivity index (χ3n) is 4.55. The molecule has 1 aromatic heterocycles. The van der Waals surface area contributed by atoms with Crippen LogP contribution in [-0.2, 0) is 17.6 Å². The van der Waals surface area contributed by atoms with Gasteiger partial charge >= 0.3 is 5.97 Å². The Labute approximate surface area is 172 Å². The predicted octanol–water partition coefficient (Wildman–Crippen LogP) is 4.88. The van der Waals surface area contributed by atoms with Crippen molar-refractivity contribution in [2.75, 3.05) is 5.43 Å². The van der Waals surface area contributed by atoms with Crippen LogP contribution in [0.25, 0.3) is 11.3 Å². The van der Waals surface area contributed by atoms with Crippen molar-refractivity contribution in [3.8, 4) is 11.3 Å². The van der Waals surface area contributed by atoms with Gasteiger partial charge in [0, 0.05) is 22.2 Å². The Morgan fingerprint density at radius 3 is 2.39 bits per heavy atom. The average molecular weight is 441 g/mol. The minimum atomic E-state index is -0.876.